The highest BCUT2D eigenvalue weighted by Gasteiger charge is 2.44. The fourth-order valence-corrected chi connectivity index (χ4v) is 2.78. The molecule has 3 nitrogen and oxygen atoms in total. The van der Waals surface area contributed by atoms with Crippen molar-refractivity contribution in [3.63, 3.8) is 0 Å². The Morgan fingerprint density at radius 2 is 2.23 bits per heavy atom. The summed E-state index contributed by atoms with van der Waals surface area (Å²) in [6, 6.07) is 1.29. The molecular formula is C10H20N2O. The predicted octanol–water partition coefficient (Wildman–Crippen LogP) is 0.363. The molecule has 0 aromatic rings. The van der Waals surface area contributed by atoms with Gasteiger partial charge in [-0.25, -0.2) is 0 Å². The van der Waals surface area contributed by atoms with Gasteiger partial charge in [0, 0.05) is 24.0 Å². The van der Waals surface area contributed by atoms with E-state index >= 15 is 0 Å². The van der Waals surface area contributed by atoms with Crippen LogP contribution in [0.4, 0.5) is 0 Å². The number of hydrogen-bond donors (Lipinski definition) is 2. The van der Waals surface area contributed by atoms with Crippen LogP contribution < -0.4 is 10.6 Å². The van der Waals surface area contributed by atoms with E-state index < -0.39 is 0 Å². The molecule has 2 heterocycles. The van der Waals surface area contributed by atoms with Gasteiger partial charge in [-0.15, -0.1) is 0 Å². The van der Waals surface area contributed by atoms with Gasteiger partial charge in [0.2, 0.25) is 0 Å². The standard InChI is InChI=1S/C10H20N2O/c1-8-3-10(6-13-7-10)4-9(12-8)5-11-2/h8-9,11-12H,3-7H2,1-2H3. The maximum absolute atomic E-state index is 5.34. The molecule has 13 heavy (non-hydrogen) atoms. The summed E-state index contributed by atoms with van der Waals surface area (Å²) in [5, 5.41) is 6.86. The van der Waals surface area contributed by atoms with Gasteiger partial charge in [0.25, 0.3) is 0 Å². The Kier molecular flexibility index (Phi) is 2.58. The normalized spacial score (nSPS) is 37.4. The number of ether oxygens (including phenoxy) is 1. The Balaban J connectivity index is 1.93. The third-order valence-corrected chi connectivity index (χ3v) is 3.21. The molecule has 2 rings (SSSR count). The van der Waals surface area contributed by atoms with E-state index in [-0.39, 0.29) is 0 Å². The topological polar surface area (TPSA) is 33.3 Å². The summed E-state index contributed by atoms with van der Waals surface area (Å²) in [6.07, 6.45) is 2.56. The summed E-state index contributed by atoms with van der Waals surface area (Å²) in [6.45, 7) is 5.33. The smallest absolute Gasteiger partial charge is 0.0545 e. The van der Waals surface area contributed by atoms with Crippen LogP contribution in [0, 0.1) is 5.41 Å². The molecule has 2 aliphatic rings. The second-order valence-electron chi connectivity index (χ2n) is 4.72. The molecule has 3 heteroatoms. The minimum atomic E-state index is 0.520. The lowest BCUT2D eigenvalue weighted by Crippen LogP contribution is -2.58. The first-order valence-corrected chi connectivity index (χ1v) is 5.22. The quantitative estimate of drug-likeness (QED) is 0.650. The van der Waals surface area contributed by atoms with Crippen molar-refractivity contribution in [1.82, 2.24) is 10.6 Å². The van der Waals surface area contributed by atoms with Gasteiger partial charge >= 0.3 is 0 Å². The van der Waals surface area contributed by atoms with E-state index in [9.17, 15) is 0 Å². The van der Waals surface area contributed by atoms with Gasteiger partial charge in [-0.2, -0.15) is 0 Å². The molecular weight excluding hydrogens is 164 g/mol. The van der Waals surface area contributed by atoms with Gasteiger partial charge in [-0.05, 0) is 26.8 Å². The summed E-state index contributed by atoms with van der Waals surface area (Å²) in [5.74, 6) is 0. The number of rotatable bonds is 2. The minimum absolute atomic E-state index is 0.520. The molecule has 0 aromatic heterocycles. The fraction of sp³-hybridized carbons (Fsp3) is 1.00. The van der Waals surface area contributed by atoms with Gasteiger partial charge in [0.05, 0.1) is 13.2 Å². The summed E-state index contributed by atoms with van der Waals surface area (Å²) in [7, 11) is 2.02. The van der Waals surface area contributed by atoms with Gasteiger partial charge in [-0.1, -0.05) is 0 Å². The van der Waals surface area contributed by atoms with Crippen molar-refractivity contribution in [2.24, 2.45) is 5.41 Å². The summed E-state index contributed by atoms with van der Waals surface area (Å²) < 4.78 is 5.34. The van der Waals surface area contributed by atoms with Crippen LogP contribution in [0.5, 0.6) is 0 Å². The van der Waals surface area contributed by atoms with E-state index in [1.807, 2.05) is 7.05 Å². The van der Waals surface area contributed by atoms with E-state index in [2.05, 4.69) is 17.6 Å². The van der Waals surface area contributed by atoms with Crippen molar-refractivity contribution in [3.8, 4) is 0 Å². The third kappa shape index (κ3) is 1.87. The predicted molar refractivity (Wildman–Crippen MR) is 52.8 cm³/mol. The van der Waals surface area contributed by atoms with Gasteiger partial charge in [-0.3, -0.25) is 0 Å². The van der Waals surface area contributed by atoms with Crippen LogP contribution in [-0.2, 0) is 4.74 Å². The molecule has 0 saturated carbocycles. The van der Waals surface area contributed by atoms with Crippen molar-refractivity contribution >= 4 is 0 Å². The molecule has 2 N–H and O–H groups in total. The zero-order valence-electron chi connectivity index (χ0n) is 8.60. The number of nitrogens with one attached hydrogen (secondary N) is 2. The van der Waals surface area contributed by atoms with Gasteiger partial charge < -0.3 is 15.4 Å². The molecule has 0 aromatic carbocycles. The lowest BCUT2D eigenvalue weighted by Gasteiger charge is -2.49. The molecule has 0 amide bonds. The van der Waals surface area contributed by atoms with Crippen molar-refractivity contribution in [1.29, 1.82) is 0 Å². The Labute approximate surface area is 80.2 Å². The van der Waals surface area contributed by atoms with Crippen molar-refractivity contribution < 1.29 is 4.74 Å². The lowest BCUT2D eigenvalue weighted by molar-refractivity contribution is -0.140. The largest absolute Gasteiger partial charge is 0.380 e. The highest BCUT2D eigenvalue weighted by molar-refractivity contribution is 4.97. The SMILES string of the molecule is CNCC1CC2(COC2)CC(C)N1. The third-order valence-electron chi connectivity index (χ3n) is 3.21. The Morgan fingerprint density at radius 1 is 1.46 bits per heavy atom. The maximum atomic E-state index is 5.34. The first kappa shape index (κ1) is 9.44. The zero-order valence-corrected chi connectivity index (χ0v) is 8.60. The first-order valence-electron chi connectivity index (χ1n) is 5.22. The molecule has 76 valence electrons. The van der Waals surface area contributed by atoms with Crippen LogP contribution in [0.1, 0.15) is 19.8 Å². The highest BCUT2D eigenvalue weighted by atomic mass is 16.5. The van der Waals surface area contributed by atoms with Crippen LogP contribution in [-0.4, -0.2) is 38.9 Å². The van der Waals surface area contributed by atoms with Crippen molar-refractivity contribution in [2.45, 2.75) is 31.8 Å². The van der Waals surface area contributed by atoms with Crippen LogP contribution in [0.15, 0.2) is 0 Å². The molecule has 2 unspecified atom stereocenters. The van der Waals surface area contributed by atoms with Crippen molar-refractivity contribution in [3.05, 3.63) is 0 Å². The molecule has 0 bridgehead atoms. The molecule has 2 fully saturated rings. The lowest BCUT2D eigenvalue weighted by atomic mass is 9.72. The Hall–Kier alpha value is -0.120. The van der Waals surface area contributed by atoms with Crippen LogP contribution in [0.2, 0.25) is 0 Å². The number of hydrogen-bond acceptors (Lipinski definition) is 3. The van der Waals surface area contributed by atoms with E-state index in [1.165, 1.54) is 12.8 Å². The zero-order chi connectivity index (χ0) is 9.31. The summed E-state index contributed by atoms with van der Waals surface area (Å²) in [4.78, 5) is 0. The average Bonchev–Trinajstić information content (AvgIpc) is 2.01. The van der Waals surface area contributed by atoms with Crippen molar-refractivity contribution in [2.75, 3.05) is 26.8 Å². The molecule has 0 aliphatic carbocycles. The Bertz CT molecular complexity index is 180. The van der Waals surface area contributed by atoms with Crippen LogP contribution in [0.25, 0.3) is 0 Å². The first-order chi connectivity index (χ1) is 6.24. The summed E-state index contributed by atoms with van der Waals surface area (Å²) in [5.41, 5.74) is 0.520. The average molecular weight is 184 g/mol. The number of piperidine rings is 1. The van der Waals surface area contributed by atoms with Crippen LogP contribution >= 0.6 is 0 Å². The monoisotopic (exact) mass is 184 g/mol. The maximum Gasteiger partial charge on any atom is 0.0545 e. The molecule has 2 saturated heterocycles. The highest BCUT2D eigenvalue weighted by Crippen LogP contribution is 2.40. The number of likely N-dealkylation sites (N-methyl/N-ethyl adjacent to an activating group) is 1. The fourth-order valence-electron chi connectivity index (χ4n) is 2.78. The van der Waals surface area contributed by atoms with E-state index in [0.29, 0.717) is 17.5 Å². The second kappa shape index (κ2) is 3.56. The van der Waals surface area contributed by atoms with E-state index in [0.717, 1.165) is 19.8 Å². The molecule has 0 radical (unpaired) electrons. The van der Waals surface area contributed by atoms with Gasteiger partial charge in [0.1, 0.15) is 0 Å². The van der Waals surface area contributed by atoms with E-state index in [4.69, 9.17) is 4.74 Å². The molecule has 2 aliphatic heterocycles. The van der Waals surface area contributed by atoms with Gasteiger partial charge in [0.15, 0.2) is 0 Å². The summed E-state index contributed by atoms with van der Waals surface area (Å²) >= 11 is 0. The minimum Gasteiger partial charge on any atom is -0.380 e. The molecule has 2 atom stereocenters. The van der Waals surface area contributed by atoms with Crippen LogP contribution in [0.3, 0.4) is 0 Å². The molecule has 1 spiro atoms. The Morgan fingerprint density at radius 3 is 2.77 bits per heavy atom. The van der Waals surface area contributed by atoms with E-state index in [1.54, 1.807) is 0 Å². The second-order valence-corrected chi connectivity index (χ2v) is 4.72.